The second kappa shape index (κ2) is 6.81. The highest BCUT2D eigenvalue weighted by molar-refractivity contribution is 7.09. The maximum atomic E-state index is 12.4. The van der Waals surface area contributed by atoms with Gasteiger partial charge >= 0.3 is 0 Å². The quantitative estimate of drug-likeness (QED) is 0.756. The molecule has 1 aromatic heterocycles. The Morgan fingerprint density at radius 1 is 1.20 bits per heavy atom. The number of aryl methyl sites for hydroxylation is 2. The molecule has 1 aliphatic rings. The van der Waals surface area contributed by atoms with E-state index in [0.717, 1.165) is 34.7 Å². The number of nitrogens with zero attached hydrogens (tertiary/aromatic N) is 1. The van der Waals surface area contributed by atoms with Crippen LogP contribution in [-0.4, -0.2) is 10.9 Å². The molecule has 25 heavy (non-hydrogen) atoms. The lowest BCUT2D eigenvalue weighted by atomic mass is 10.1. The monoisotopic (exact) mass is 348 g/mol. The van der Waals surface area contributed by atoms with Crippen LogP contribution in [0.15, 0.2) is 53.9 Å². The zero-order valence-electron chi connectivity index (χ0n) is 14.2. The Balaban J connectivity index is 1.40. The Hall–Kier alpha value is -2.46. The molecule has 1 heterocycles. The van der Waals surface area contributed by atoms with Crippen LogP contribution >= 0.6 is 11.3 Å². The number of hydrogen-bond donors (Lipinski definition) is 1. The normalized spacial score (nSPS) is 15.8. The van der Waals surface area contributed by atoms with Gasteiger partial charge in [-0.2, -0.15) is 0 Å². The van der Waals surface area contributed by atoms with Crippen molar-refractivity contribution in [3.8, 4) is 11.3 Å². The van der Waals surface area contributed by atoms with Crippen LogP contribution in [-0.2, 0) is 17.6 Å². The molecule has 0 bridgehead atoms. The minimum absolute atomic E-state index is 0.0824. The number of hydrogen-bond acceptors (Lipinski definition) is 3. The largest absolute Gasteiger partial charge is 0.349 e. The van der Waals surface area contributed by atoms with Crippen molar-refractivity contribution in [1.82, 2.24) is 10.3 Å². The number of carbonyl (C=O) groups excluding carboxylic acids is 1. The minimum Gasteiger partial charge on any atom is -0.349 e. The van der Waals surface area contributed by atoms with E-state index in [1.165, 1.54) is 11.1 Å². The van der Waals surface area contributed by atoms with Crippen molar-refractivity contribution < 1.29 is 4.79 Å². The lowest BCUT2D eigenvalue weighted by molar-refractivity contribution is -0.121. The van der Waals surface area contributed by atoms with Crippen molar-refractivity contribution in [3.05, 3.63) is 75.6 Å². The van der Waals surface area contributed by atoms with E-state index in [0.29, 0.717) is 6.42 Å². The predicted octanol–water partition coefficient (Wildman–Crippen LogP) is 4.46. The van der Waals surface area contributed by atoms with Gasteiger partial charge < -0.3 is 5.32 Å². The van der Waals surface area contributed by atoms with Crippen molar-refractivity contribution in [2.24, 2.45) is 0 Å². The van der Waals surface area contributed by atoms with E-state index < -0.39 is 0 Å². The molecule has 1 N–H and O–H groups in total. The molecule has 0 aliphatic heterocycles. The molecule has 4 rings (SSSR count). The second-order valence-corrected chi connectivity index (χ2v) is 7.55. The van der Waals surface area contributed by atoms with Crippen LogP contribution in [0.5, 0.6) is 0 Å². The molecule has 1 aliphatic carbocycles. The highest BCUT2D eigenvalue weighted by Crippen LogP contribution is 2.30. The van der Waals surface area contributed by atoms with E-state index >= 15 is 0 Å². The molecule has 0 fully saturated rings. The highest BCUT2D eigenvalue weighted by atomic mass is 32.1. The van der Waals surface area contributed by atoms with Crippen LogP contribution in [0.25, 0.3) is 11.3 Å². The standard InChI is InChI=1S/C21H20N2OS/c1-14-22-20(13-25-14)17-8-6-15(7-9-17)12-21(24)23-19-11-10-16-4-2-3-5-18(16)19/h2-9,13,19H,10-12H2,1H3,(H,23,24)/t19-/m0/s1. The average Bonchev–Trinajstić information content (AvgIpc) is 3.22. The molecule has 0 saturated carbocycles. The summed E-state index contributed by atoms with van der Waals surface area (Å²) in [6, 6.07) is 16.7. The van der Waals surface area contributed by atoms with E-state index in [2.05, 4.69) is 33.9 Å². The van der Waals surface area contributed by atoms with Gasteiger partial charge in [0.25, 0.3) is 0 Å². The lowest BCUT2D eigenvalue weighted by Crippen LogP contribution is -2.28. The van der Waals surface area contributed by atoms with E-state index in [1.54, 1.807) is 11.3 Å². The van der Waals surface area contributed by atoms with Crippen molar-refractivity contribution in [3.63, 3.8) is 0 Å². The number of aromatic nitrogens is 1. The second-order valence-electron chi connectivity index (χ2n) is 6.48. The van der Waals surface area contributed by atoms with Crippen molar-refractivity contribution in [1.29, 1.82) is 0 Å². The Morgan fingerprint density at radius 2 is 2.00 bits per heavy atom. The van der Waals surface area contributed by atoms with Crippen LogP contribution in [0.4, 0.5) is 0 Å². The maximum Gasteiger partial charge on any atom is 0.224 e. The number of carbonyl (C=O) groups is 1. The minimum atomic E-state index is 0.0824. The number of benzene rings is 2. The molecule has 0 radical (unpaired) electrons. The van der Waals surface area contributed by atoms with Crippen molar-refractivity contribution in [2.45, 2.75) is 32.2 Å². The highest BCUT2D eigenvalue weighted by Gasteiger charge is 2.23. The van der Waals surface area contributed by atoms with E-state index in [1.807, 2.05) is 37.3 Å². The third-order valence-corrected chi connectivity index (χ3v) is 5.47. The smallest absolute Gasteiger partial charge is 0.224 e. The molecule has 1 atom stereocenters. The first-order valence-electron chi connectivity index (χ1n) is 8.57. The molecule has 1 amide bonds. The number of nitrogens with one attached hydrogen (secondary N) is 1. The van der Waals surface area contributed by atoms with Gasteiger partial charge in [-0.15, -0.1) is 11.3 Å². The fourth-order valence-corrected chi connectivity index (χ4v) is 4.05. The third kappa shape index (κ3) is 3.49. The number of rotatable bonds is 4. The predicted molar refractivity (Wildman–Crippen MR) is 102 cm³/mol. The van der Waals surface area contributed by atoms with Gasteiger partial charge in [-0.05, 0) is 36.5 Å². The van der Waals surface area contributed by atoms with Crippen LogP contribution in [0.2, 0.25) is 0 Å². The van der Waals surface area contributed by atoms with E-state index in [9.17, 15) is 4.79 Å². The first kappa shape index (κ1) is 16.0. The van der Waals surface area contributed by atoms with Crippen LogP contribution < -0.4 is 5.32 Å². The zero-order chi connectivity index (χ0) is 17.2. The molecule has 0 unspecified atom stereocenters. The van der Waals surface area contributed by atoms with Crippen molar-refractivity contribution >= 4 is 17.2 Å². The summed E-state index contributed by atoms with van der Waals surface area (Å²) in [4.78, 5) is 16.9. The Bertz CT molecular complexity index is 898. The first-order valence-corrected chi connectivity index (χ1v) is 9.45. The van der Waals surface area contributed by atoms with Gasteiger partial charge in [0.15, 0.2) is 0 Å². The molecule has 3 nitrogen and oxygen atoms in total. The number of thiazole rings is 1. The molecule has 126 valence electrons. The first-order chi connectivity index (χ1) is 12.2. The van der Waals surface area contributed by atoms with Gasteiger partial charge in [0.05, 0.1) is 23.2 Å². The molecular weight excluding hydrogens is 328 g/mol. The summed E-state index contributed by atoms with van der Waals surface area (Å²) >= 11 is 1.65. The van der Waals surface area contributed by atoms with E-state index in [-0.39, 0.29) is 11.9 Å². The van der Waals surface area contributed by atoms with Gasteiger partial charge in [-0.1, -0.05) is 48.5 Å². The molecule has 2 aromatic carbocycles. The maximum absolute atomic E-state index is 12.4. The van der Waals surface area contributed by atoms with Gasteiger partial charge in [-0.25, -0.2) is 4.98 Å². The van der Waals surface area contributed by atoms with Gasteiger partial charge in [0.1, 0.15) is 0 Å². The number of fused-ring (bicyclic) bond motifs is 1. The summed E-state index contributed by atoms with van der Waals surface area (Å²) in [5, 5.41) is 6.31. The summed E-state index contributed by atoms with van der Waals surface area (Å²) < 4.78 is 0. The average molecular weight is 348 g/mol. The summed E-state index contributed by atoms with van der Waals surface area (Å²) in [5.74, 6) is 0.0824. The molecule has 0 spiro atoms. The summed E-state index contributed by atoms with van der Waals surface area (Å²) in [7, 11) is 0. The fourth-order valence-electron chi connectivity index (χ4n) is 3.43. The zero-order valence-corrected chi connectivity index (χ0v) is 15.0. The van der Waals surface area contributed by atoms with Crippen molar-refractivity contribution in [2.75, 3.05) is 0 Å². The summed E-state index contributed by atoms with van der Waals surface area (Å²) in [6.07, 6.45) is 2.45. The van der Waals surface area contributed by atoms with Gasteiger partial charge in [0, 0.05) is 10.9 Å². The van der Waals surface area contributed by atoms with Crippen LogP contribution in [0.1, 0.15) is 34.2 Å². The topological polar surface area (TPSA) is 42.0 Å². The number of amides is 1. The Kier molecular flexibility index (Phi) is 4.36. The van der Waals surface area contributed by atoms with E-state index in [4.69, 9.17) is 0 Å². The van der Waals surface area contributed by atoms with Crippen LogP contribution in [0.3, 0.4) is 0 Å². The molecule has 4 heteroatoms. The lowest BCUT2D eigenvalue weighted by Gasteiger charge is -2.14. The van der Waals surface area contributed by atoms with Gasteiger partial charge in [0.2, 0.25) is 5.91 Å². The molecular formula is C21H20N2OS. The Labute approximate surface area is 151 Å². The summed E-state index contributed by atoms with van der Waals surface area (Å²) in [6.45, 7) is 2.01. The SMILES string of the molecule is Cc1nc(-c2ccc(CC(=O)N[C@H]3CCc4ccccc43)cc2)cs1. The third-order valence-electron chi connectivity index (χ3n) is 4.70. The fraction of sp³-hybridized carbons (Fsp3) is 0.238. The van der Waals surface area contributed by atoms with Gasteiger partial charge in [-0.3, -0.25) is 4.79 Å². The van der Waals surface area contributed by atoms with Crippen LogP contribution in [0, 0.1) is 6.92 Å². The Morgan fingerprint density at radius 3 is 2.76 bits per heavy atom. The molecule has 3 aromatic rings. The molecule has 0 saturated heterocycles. The summed E-state index contributed by atoms with van der Waals surface area (Å²) in [5.41, 5.74) is 5.75.